The van der Waals surface area contributed by atoms with E-state index in [1.54, 1.807) is 0 Å². The van der Waals surface area contributed by atoms with Crippen molar-refractivity contribution in [3.05, 3.63) is 53.1 Å². The molecule has 0 saturated carbocycles. The Morgan fingerprint density at radius 2 is 2.10 bits per heavy atom. The molecule has 3 rings (SSSR count). The van der Waals surface area contributed by atoms with Crippen LogP contribution in [0.15, 0.2) is 30.5 Å². The van der Waals surface area contributed by atoms with Gasteiger partial charge in [0.05, 0.1) is 17.8 Å². The van der Waals surface area contributed by atoms with Crippen molar-refractivity contribution in [2.24, 2.45) is 0 Å². The number of H-pyrrole nitrogens is 1. The van der Waals surface area contributed by atoms with Gasteiger partial charge in [-0.1, -0.05) is 6.07 Å². The average molecular weight is 286 g/mol. The molecular weight excluding hydrogens is 268 g/mol. The topological polar surface area (TPSA) is 44.0 Å². The van der Waals surface area contributed by atoms with E-state index in [2.05, 4.69) is 40.1 Å². The van der Waals surface area contributed by atoms with Crippen molar-refractivity contribution in [2.45, 2.75) is 25.9 Å². The molecule has 0 radical (unpaired) electrons. The molecule has 20 heavy (non-hydrogen) atoms. The number of aryl methyl sites for hydroxylation is 2. The molecule has 0 unspecified atom stereocenters. The van der Waals surface area contributed by atoms with E-state index in [1.807, 2.05) is 31.4 Å². The molecule has 2 aromatic heterocycles. The Bertz CT molecular complexity index is 635. The molecule has 104 valence electrons. The molecule has 0 aliphatic carbocycles. The highest BCUT2D eigenvalue weighted by Gasteiger charge is 2.38. The summed E-state index contributed by atoms with van der Waals surface area (Å²) in [7, 11) is 2.03. The van der Waals surface area contributed by atoms with Crippen LogP contribution in [0.25, 0.3) is 0 Å². The van der Waals surface area contributed by atoms with Crippen LogP contribution in [-0.2, 0) is 0 Å². The monoisotopic (exact) mass is 286 g/mol. The molecule has 0 amide bonds. The Balaban J connectivity index is 2.05. The van der Waals surface area contributed by atoms with Gasteiger partial charge in [-0.05, 0) is 49.8 Å². The molecule has 0 aromatic carbocycles. The van der Waals surface area contributed by atoms with Crippen LogP contribution in [0, 0.1) is 13.8 Å². The van der Waals surface area contributed by atoms with E-state index in [-0.39, 0.29) is 12.1 Å². The number of thiocarbonyl (C=S) groups is 1. The van der Waals surface area contributed by atoms with E-state index in [0.717, 1.165) is 10.8 Å². The minimum absolute atomic E-state index is 0.0857. The van der Waals surface area contributed by atoms with E-state index >= 15 is 0 Å². The number of aromatic amines is 1. The van der Waals surface area contributed by atoms with Crippen LogP contribution >= 0.6 is 12.2 Å². The number of pyridine rings is 1. The van der Waals surface area contributed by atoms with E-state index in [9.17, 15) is 0 Å². The molecule has 1 aliphatic rings. The van der Waals surface area contributed by atoms with E-state index in [1.165, 1.54) is 17.0 Å². The van der Waals surface area contributed by atoms with Crippen LogP contribution in [0.2, 0.25) is 0 Å². The first-order valence-corrected chi connectivity index (χ1v) is 7.09. The summed E-state index contributed by atoms with van der Waals surface area (Å²) in [5.41, 5.74) is 4.64. The molecule has 4 nitrogen and oxygen atoms in total. The Kier molecular flexibility index (Phi) is 3.22. The van der Waals surface area contributed by atoms with Gasteiger partial charge < -0.3 is 15.2 Å². The van der Waals surface area contributed by atoms with Gasteiger partial charge in [0.1, 0.15) is 0 Å². The Morgan fingerprint density at radius 3 is 2.70 bits per heavy atom. The smallest absolute Gasteiger partial charge is 0.169 e. The highest BCUT2D eigenvalue weighted by atomic mass is 32.1. The minimum atomic E-state index is 0.0857. The quantitative estimate of drug-likeness (QED) is 0.833. The second-order valence-corrected chi connectivity index (χ2v) is 5.66. The molecule has 2 atom stereocenters. The lowest BCUT2D eigenvalue weighted by Gasteiger charge is -2.24. The minimum Gasteiger partial charge on any atom is -0.362 e. The number of aromatic nitrogens is 2. The number of nitrogens with one attached hydrogen (secondary N) is 2. The van der Waals surface area contributed by atoms with Gasteiger partial charge in [-0.15, -0.1) is 0 Å². The molecule has 2 aromatic rings. The van der Waals surface area contributed by atoms with Crippen LogP contribution in [-0.4, -0.2) is 27.0 Å². The molecule has 1 saturated heterocycles. The maximum atomic E-state index is 5.42. The van der Waals surface area contributed by atoms with Crippen molar-refractivity contribution in [3.63, 3.8) is 0 Å². The zero-order valence-corrected chi connectivity index (χ0v) is 12.7. The molecular formula is C15H18N4S. The summed E-state index contributed by atoms with van der Waals surface area (Å²) in [6, 6.07) is 8.44. The lowest BCUT2D eigenvalue weighted by atomic mass is 9.97. The lowest BCUT2D eigenvalue weighted by Crippen LogP contribution is -2.25. The number of rotatable bonds is 2. The first kappa shape index (κ1) is 13.1. The third-order valence-electron chi connectivity index (χ3n) is 3.85. The van der Waals surface area contributed by atoms with Gasteiger partial charge >= 0.3 is 0 Å². The summed E-state index contributed by atoms with van der Waals surface area (Å²) >= 11 is 5.42. The zero-order chi connectivity index (χ0) is 14.3. The Hall–Kier alpha value is -1.88. The maximum Gasteiger partial charge on any atom is 0.169 e. The standard InChI is InChI=1S/C15H18N4S/c1-9-8-11(10(2)17-9)14-13(18-15(20)19(14)3)12-6-4-5-7-16-12/h4-8,13-14,17H,1-3H3,(H,18,20)/t13-,14-/m0/s1. The van der Waals surface area contributed by atoms with Gasteiger partial charge in [-0.2, -0.15) is 0 Å². The van der Waals surface area contributed by atoms with E-state index < -0.39 is 0 Å². The SMILES string of the molecule is Cc1cc([C@H]2[C@H](c3ccccn3)NC(=S)N2C)c(C)[nH]1. The fourth-order valence-electron chi connectivity index (χ4n) is 2.90. The van der Waals surface area contributed by atoms with Crippen LogP contribution in [0.1, 0.15) is 34.7 Å². The van der Waals surface area contributed by atoms with Crippen LogP contribution in [0.3, 0.4) is 0 Å². The van der Waals surface area contributed by atoms with Gasteiger partial charge in [0.15, 0.2) is 5.11 Å². The molecule has 2 N–H and O–H groups in total. The summed E-state index contributed by atoms with van der Waals surface area (Å²) in [5.74, 6) is 0. The lowest BCUT2D eigenvalue weighted by molar-refractivity contribution is 0.367. The average Bonchev–Trinajstić information content (AvgIpc) is 2.91. The second kappa shape index (κ2) is 4.90. The van der Waals surface area contributed by atoms with Crippen molar-refractivity contribution >= 4 is 17.3 Å². The van der Waals surface area contributed by atoms with Gasteiger partial charge in [0.2, 0.25) is 0 Å². The van der Waals surface area contributed by atoms with Gasteiger partial charge in [0.25, 0.3) is 0 Å². The van der Waals surface area contributed by atoms with Crippen molar-refractivity contribution in [1.82, 2.24) is 20.2 Å². The fraction of sp³-hybridized carbons (Fsp3) is 0.333. The summed E-state index contributed by atoms with van der Waals surface area (Å²) in [6.45, 7) is 4.18. The van der Waals surface area contributed by atoms with Crippen LogP contribution in [0.4, 0.5) is 0 Å². The van der Waals surface area contributed by atoms with Crippen LogP contribution in [0.5, 0.6) is 0 Å². The predicted molar refractivity (Wildman–Crippen MR) is 83.5 cm³/mol. The summed E-state index contributed by atoms with van der Waals surface area (Å²) in [6.07, 6.45) is 1.82. The third-order valence-corrected chi connectivity index (χ3v) is 4.25. The first-order chi connectivity index (χ1) is 9.58. The normalized spacial score (nSPS) is 22.1. The first-order valence-electron chi connectivity index (χ1n) is 6.68. The van der Waals surface area contributed by atoms with Crippen molar-refractivity contribution in [1.29, 1.82) is 0 Å². The molecule has 1 aliphatic heterocycles. The number of hydrogen-bond donors (Lipinski definition) is 2. The van der Waals surface area contributed by atoms with Crippen molar-refractivity contribution in [2.75, 3.05) is 7.05 Å². The molecule has 1 fully saturated rings. The van der Waals surface area contributed by atoms with Crippen molar-refractivity contribution < 1.29 is 0 Å². The highest BCUT2D eigenvalue weighted by Crippen LogP contribution is 2.38. The summed E-state index contributed by atoms with van der Waals surface area (Å²) < 4.78 is 0. The molecule has 0 spiro atoms. The zero-order valence-electron chi connectivity index (χ0n) is 11.8. The van der Waals surface area contributed by atoms with Crippen molar-refractivity contribution in [3.8, 4) is 0 Å². The Labute approximate surface area is 124 Å². The number of nitrogens with zero attached hydrogens (tertiary/aromatic N) is 2. The Morgan fingerprint density at radius 1 is 1.30 bits per heavy atom. The van der Waals surface area contributed by atoms with E-state index in [0.29, 0.717) is 0 Å². The summed E-state index contributed by atoms with van der Waals surface area (Å²) in [4.78, 5) is 9.97. The second-order valence-electron chi connectivity index (χ2n) is 5.27. The number of hydrogen-bond acceptors (Lipinski definition) is 2. The van der Waals surface area contributed by atoms with Gasteiger partial charge in [-0.25, -0.2) is 0 Å². The van der Waals surface area contributed by atoms with Gasteiger partial charge in [0, 0.05) is 24.6 Å². The maximum absolute atomic E-state index is 5.42. The van der Waals surface area contributed by atoms with Crippen LogP contribution < -0.4 is 5.32 Å². The van der Waals surface area contributed by atoms with Gasteiger partial charge in [-0.3, -0.25) is 4.98 Å². The molecule has 3 heterocycles. The number of likely N-dealkylation sites (N-methyl/N-ethyl adjacent to an activating group) is 1. The largest absolute Gasteiger partial charge is 0.362 e. The summed E-state index contributed by atoms with van der Waals surface area (Å²) in [5, 5.41) is 4.15. The highest BCUT2D eigenvalue weighted by molar-refractivity contribution is 7.80. The third kappa shape index (κ3) is 2.08. The molecule has 0 bridgehead atoms. The van der Waals surface area contributed by atoms with E-state index in [4.69, 9.17) is 12.2 Å². The molecule has 5 heteroatoms. The fourth-order valence-corrected chi connectivity index (χ4v) is 3.14. The predicted octanol–water partition coefficient (Wildman–Crippen LogP) is 2.63.